The molecule has 2 fully saturated rings. The van der Waals surface area contributed by atoms with E-state index in [9.17, 15) is 24.5 Å². The first-order valence-electron chi connectivity index (χ1n) is 9.01. The number of benzene rings is 1. The Balaban J connectivity index is 1.69. The Morgan fingerprint density at radius 3 is 2.48 bits per heavy atom. The quantitative estimate of drug-likeness (QED) is 0.439. The van der Waals surface area contributed by atoms with Crippen LogP contribution in [0.5, 0.6) is 0 Å². The van der Waals surface area contributed by atoms with Crippen LogP contribution in [0, 0.1) is 10.1 Å². The first kappa shape index (κ1) is 18.8. The first-order valence-corrected chi connectivity index (χ1v) is 9.01. The second-order valence-electron chi connectivity index (χ2n) is 6.63. The Morgan fingerprint density at radius 1 is 1.11 bits per heavy atom. The number of nitro benzene ring substituents is 1. The fourth-order valence-electron chi connectivity index (χ4n) is 3.40. The van der Waals surface area contributed by atoms with Gasteiger partial charge in [0.05, 0.1) is 10.5 Å². The number of imide groups is 1. The summed E-state index contributed by atoms with van der Waals surface area (Å²) in [6.07, 6.45) is 3.95. The molecule has 0 bridgehead atoms. The zero-order valence-corrected chi connectivity index (χ0v) is 14.9. The molecule has 0 radical (unpaired) electrons. The van der Waals surface area contributed by atoms with Gasteiger partial charge in [-0.25, -0.2) is 4.79 Å². The van der Waals surface area contributed by atoms with Crippen LogP contribution in [0.2, 0.25) is 0 Å². The summed E-state index contributed by atoms with van der Waals surface area (Å²) in [5.41, 5.74) is 0.324. The number of piperidine rings is 1. The van der Waals surface area contributed by atoms with Gasteiger partial charge in [-0.2, -0.15) is 0 Å². The lowest BCUT2D eigenvalue weighted by Gasteiger charge is -2.28. The molecule has 2 aliphatic heterocycles. The maximum Gasteiger partial charge on any atom is 0.338 e. The highest BCUT2D eigenvalue weighted by Crippen LogP contribution is 2.31. The highest BCUT2D eigenvalue weighted by Gasteiger charge is 2.28. The second-order valence-corrected chi connectivity index (χ2v) is 6.63. The number of carbonyl (C=O) groups excluding carboxylic acids is 3. The zero-order chi connectivity index (χ0) is 19.4. The average molecular weight is 375 g/mol. The molecule has 2 aliphatic rings. The Hall–Kier alpha value is -2.97. The van der Waals surface area contributed by atoms with E-state index in [1.54, 1.807) is 6.07 Å². The molecule has 0 aromatic heterocycles. The van der Waals surface area contributed by atoms with Crippen LogP contribution in [0.3, 0.4) is 0 Å². The summed E-state index contributed by atoms with van der Waals surface area (Å²) >= 11 is 0. The standard InChI is InChI=1S/C18H21N3O6/c22-16-5-4-10-20(16)17(23)12-27-18(24)13-6-7-14(15(11-13)21(25)26)19-8-2-1-3-9-19/h6-7,11H,1-5,8-10,12H2. The molecule has 1 aromatic carbocycles. The highest BCUT2D eigenvalue weighted by atomic mass is 16.6. The number of amides is 2. The number of rotatable bonds is 5. The molecule has 0 aliphatic carbocycles. The second kappa shape index (κ2) is 8.15. The molecule has 2 amide bonds. The van der Waals surface area contributed by atoms with Crippen LogP contribution in [0.15, 0.2) is 18.2 Å². The Kier molecular flexibility index (Phi) is 5.68. The van der Waals surface area contributed by atoms with Crippen molar-refractivity contribution in [3.05, 3.63) is 33.9 Å². The molecule has 27 heavy (non-hydrogen) atoms. The van der Waals surface area contributed by atoms with E-state index in [-0.39, 0.29) is 17.2 Å². The molecule has 0 spiro atoms. The van der Waals surface area contributed by atoms with Gasteiger partial charge in [0.15, 0.2) is 6.61 Å². The van der Waals surface area contributed by atoms with Gasteiger partial charge in [0, 0.05) is 32.1 Å². The van der Waals surface area contributed by atoms with Crippen molar-refractivity contribution in [2.45, 2.75) is 32.1 Å². The Bertz CT molecular complexity index is 772. The van der Waals surface area contributed by atoms with Gasteiger partial charge in [-0.1, -0.05) is 0 Å². The number of likely N-dealkylation sites (tertiary alicyclic amines) is 1. The molecule has 9 heteroatoms. The summed E-state index contributed by atoms with van der Waals surface area (Å²) < 4.78 is 4.95. The summed E-state index contributed by atoms with van der Waals surface area (Å²) in [6, 6.07) is 4.19. The van der Waals surface area contributed by atoms with E-state index in [4.69, 9.17) is 4.74 Å². The summed E-state index contributed by atoms with van der Waals surface area (Å²) in [7, 11) is 0. The van der Waals surface area contributed by atoms with Crippen LogP contribution >= 0.6 is 0 Å². The van der Waals surface area contributed by atoms with E-state index >= 15 is 0 Å². The van der Waals surface area contributed by atoms with Crippen molar-refractivity contribution in [2.24, 2.45) is 0 Å². The molecular formula is C18H21N3O6. The monoisotopic (exact) mass is 375 g/mol. The van der Waals surface area contributed by atoms with E-state index in [0.29, 0.717) is 25.1 Å². The summed E-state index contributed by atoms with van der Waals surface area (Å²) in [5, 5.41) is 11.4. The van der Waals surface area contributed by atoms with Gasteiger partial charge in [-0.15, -0.1) is 0 Å². The maximum absolute atomic E-state index is 12.2. The van der Waals surface area contributed by atoms with Gasteiger partial charge in [0.2, 0.25) is 5.91 Å². The van der Waals surface area contributed by atoms with E-state index < -0.39 is 23.4 Å². The molecule has 2 saturated heterocycles. The fourth-order valence-corrected chi connectivity index (χ4v) is 3.40. The lowest BCUT2D eigenvalue weighted by atomic mass is 10.1. The summed E-state index contributed by atoms with van der Waals surface area (Å²) in [6.45, 7) is 1.24. The van der Waals surface area contributed by atoms with Crippen molar-refractivity contribution in [3.8, 4) is 0 Å². The maximum atomic E-state index is 12.2. The van der Waals surface area contributed by atoms with Crippen LogP contribution in [0.1, 0.15) is 42.5 Å². The molecular weight excluding hydrogens is 354 g/mol. The van der Waals surface area contributed by atoms with Crippen LogP contribution in [-0.4, -0.2) is 53.8 Å². The lowest BCUT2D eigenvalue weighted by Crippen LogP contribution is -2.35. The van der Waals surface area contributed by atoms with Gasteiger partial charge in [-0.05, 0) is 37.8 Å². The number of anilines is 1. The fraction of sp³-hybridized carbons (Fsp3) is 0.500. The Labute approximate surface area is 156 Å². The molecule has 2 heterocycles. The van der Waals surface area contributed by atoms with Crippen molar-refractivity contribution < 1.29 is 24.0 Å². The molecule has 0 saturated carbocycles. The van der Waals surface area contributed by atoms with Crippen molar-refractivity contribution in [1.82, 2.24) is 4.90 Å². The smallest absolute Gasteiger partial charge is 0.338 e. The predicted molar refractivity (Wildman–Crippen MR) is 95.4 cm³/mol. The normalized spacial score (nSPS) is 17.1. The average Bonchev–Trinajstić information content (AvgIpc) is 3.12. The minimum absolute atomic E-state index is 0.00279. The number of carbonyl (C=O) groups is 3. The number of ether oxygens (including phenoxy) is 1. The van der Waals surface area contributed by atoms with Gasteiger partial charge in [0.1, 0.15) is 5.69 Å². The van der Waals surface area contributed by atoms with E-state index in [1.807, 2.05) is 4.90 Å². The van der Waals surface area contributed by atoms with Crippen molar-refractivity contribution in [1.29, 1.82) is 0 Å². The number of nitro groups is 1. The third kappa shape index (κ3) is 4.24. The van der Waals surface area contributed by atoms with Gasteiger partial charge in [0.25, 0.3) is 11.6 Å². The molecule has 0 N–H and O–H groups in total. The molecule has 3 rings (SSSR count). The van der Waals surface area contributed by atoms with Crippen LogP contribution in [0.25, 0.3) is 0 Å². The zero-order valence-electron chi connectivity index (χ0n) is 14.9. The van der Waals surface area contributed by atoms with Crippen molar-refractivity contribution >= 4 is 29.2 Å². The molecule has 1 aromatic rings. The van der Waals surface area contributed by atoms with Crippen LogP contribution < -0.4 is 4.90 Å². The van der Waals surface area contributed by atoms with Crippen molar-refractivity contribution in [2.75, 3.05) is 31.1 Å². The van der Waals surface area contributed by atoms with Crippen LogP contribution in [0.4, 0.5) is 11.4 Å². The third-order valence-electron chi connectivity index (χ3n) is 4.81. The number of nitrogens with zero attached hydrogens (tertiary/aromatic N) is 3. The molecule has 144 valence electrons. The minimum atomic E-state index is -0.830. The number of hydrogen-bond acceptors (Lipinski definition) is 7. The third-order valence-corrected chi connectivity index (χ3v) is 4.81. The van der Waals surface area contributed by atoms with E-state index in [1.165, 1.54) is 12.1 Å². The molecule has 0 atom stereocenters. The SMILES string of the molecule is O=C(OCC(=O)N1CCCC1=O)c1ccc(N2CCCCC2)c([N+](=O)[O-])c1. The van der Waals surface area contributed by atoms with Gasteiger partial charge < -0.3 is 9.64 Å². The minimum Gasteiger partial charge on any atom is -0.452 e. The van der Waals surface area contributed by atoms with Crippen LogP contribution in [-0.2, 0) is 14.3 Å². The topological polar surface area (TPSA) is 110 Å². The molecule has 0 unspecified atom stereocenters. The number of hydrogen-bond donors (Lipinski definition) is 0. The van der Waals surface area contributed by atoms with Gasteiger partial charge in [-0.3, -0.25) is 24.6 Å². The Morgan fingerprint density at radius 2 is 1.85 bits per heavy atom. The molecule has 9 nitrogen and oxygen atoms in total. The lowest BCUT2D eigenvalue weighted by molar-refractivity contribution is -0.384. The number of esters is 1. The highest BCUT2D eigenvalue weighted by molar-refractivity contribution is 5.99. The largest absolute Gasteiger partial charge is 0.452 e. The van der Waals surface area contributed by atoms with Crippen molar-refractivity contribution in [3.63, 3.8) is 0 Å². The van der Waals surface area contributed by atoms with E-state index in [2.05, 4.69) is 0 Å². The first-order chi connectivity index (χ1) is 13.0. The summed E-state index contributed by atoms with van der Waals surface area (Å²) in [4.78, 5) is 49.6. The van der Waals surface area contributed by atoms with Gasteiger partial charge >= 0.3 is 5.97 Å². The van der Waals surface area contributed by atoms with E-state index in [0.717, 1.165) is 37.3 Å². The summed E-state index contributed by atoms with van der Waals surface area (Å²) in [5.74, 6) is -1.69. The predicted octanol–water partition coefficient (Wildman–Crippen LogP) is 1.89.